The minimum atomic E-state index is -0.284. The largest absolute Gasteiger partial charge is 0.490 e. The number of aliphatic imine (C=N–C) groups is 2. The summed E-state index contributed by atoms with van der Waals surface area (Å²) in [4.78, 5) is 27.1. The van der Waals surface area contributed by atoms with Crippen molar-refractivity contribution < 1.29 is 14.6 Å². The van der Waals surface area contributed by atoms with E-state index in [1.807, 2.05) is 66.8 Å². The van der Waals surface area contributed by atoms with Crippen molar-refractivity contribution in [3.05, 3.63) is 89.9 Å². The van der Waals surface area contributed by atoms with Gasteiger partial charge in [-0.25, -0.2) is 9.98 Å². The first-order valence-corrected chi connectivity index (χ1v) is 13.2. The molecule has 1 saturated carbocycles. The number of hydrogen-bond acceptors (Lipinski definition) is 4. The van der Waals surface area contributed by atoms with Crippen LogP contribution in [0.25, 0.3) is 10.9 Å². The van der Waals surface area contributed by atoms with Crippen LogP contribution in [0.3, 0.4) is 0 Å². The zero-order valence-electron chi connectivity index (χ0n) is 22.1. The van der Waals surface area contributed by atoms with E-state index < -0.39 is 0 Å². The smallest absolute Gasteiger partial charge is 0.269 e. The van der Waals surface area contributed by atoms with E-state index in [1.54, 1.807) is 19.0 Å². The van der Waals surface area contributed by atoms with Gasteiger partial charge in [0.25, 0.3) is 5.91 Å². The highest BCUT2D eigenvalue weighted by atomic mass is 16.5. The number of aliphatic hydroxyl groups is 1. The maximum Gasteiger partial charge on any atom is 0.269 e. The van der Waals surface area contributed by atoms with Gasteiger partial charge in [-0.05, 0) is 61.8 Å². The van der Waals surface area contributed by atoms with Crippen LogP contribution in [0.5, 0.6) is 0 Å². The number of fused-ring (bicyclic) bond motifs is 1. The molecule has 1 amide bonds. The SMILES string of the molecule is CC1CC=CC(C2=C/C(OC3CCC(O)C3)=C\C=C\C=C\2)=NC1=Nc1ccc2[nH]c(C(=O)N(C)C)cc2c1. The number of H-pyrrole nitrogens is 1. The Labute approximate surface area is 223 Å². The number of benzene rings is 1. The van der Waals surface area contributed by atoms with Gasteiger partial charge in [0.1, 0.15) is 23.4 Å². The van der Waals surface area contributed by atoms with Crippen LogP contribution in [-0.2, 0) is 4.74 Å². The Morgan fingerprint density at radius 2 is 2.03 bits per heavy atom. The molecule has 1 fully saturated rings. The number of aliphatic hydroxyl groups excluding tert-OH is 1. The number of rotatable bonds is 5. The van der Waals surface area contributed by atoms with Gasteiger partial charge >= 0.3 is 0 Å². The van der Waals surface area contributed by atoms with Crippen LogP contribution in [0.1, 0.15) is 43.1 Å². The number of amidine groups is 1. The van der Waals surface area contributed by atoms with Crippen molar-refractivity contribution in [3.8, 4) is 0 Å². The molecule has 1 aromatic carbocycles. The molecule has 5 rings (SSSR count). The van der Waals surface area contributed by atoms with Crippen molar-refractivity contribution in [2.24, 2.45) is 15.9 Å². The number of carbonyl (C=O) groups excluding carboxylic acids is 1. The molecule has 38 heavy (non-hydrogen) atoms. The highest BCUT2D eigenvalue weighted by Gasteiger charge is 2.25. The fraction of sp³-hybridized carbons (Fsp3) is 0.323. The van der Waals surface area contributed by atoms with Gasteiger partial charge < -0.3 is 19.7 Å². The number of carbonyl (C=O) groups is 1. The average molecular weight is 511 g/mol. The molecule has 3 atom stereocenters. The Kier molecular flexibility index (Phi) is 7.56. The highest BCUT2D eigenvalue weighted by Crippen LogP contribution is 2.27. The van der Waals surface area contributed by atoms with E-state index in [0.717, 1.165) is 58.7 Å². The molecule has 0 radical (unpaired) electrons. The third kappa shape index (κ3) is 5.94. The normalized spacial score (nSPS) is 28.9. The molecule has 7 heteroatoms. The molecule has 1 aromatic heterocycles. The molecule has 3 aliphatic rings. The third-order valence-corrected chi connectivity index (χ3v) is 6.94. The summed E-state index contributed by atoms with van der Waals surface area (Å²) in [7, 11) is 3.48. The van der Waals surface area contributed by atoms with Crippen LogP contribution in [0.15, 0.2) is 94.2 Å². The van der Waals surface area contributed by atoms with Gasteiger partial charge in [-0.15, -0.1) is 0 Å². The lowest BCUT2D eigenvalue weighted by Gasteiger charge is -2.15. The number of nitrogens with one attached hydrogen (secondary N) is 1. The Balaban J connectivity index is 1.45. The summed E-state index contributed by atoms with van der Waals surface area (Å²) in [6.07, 6.45) is 19.0. The standard InChI is InChI=1S/C31H34N4O3/c1-20-8-7-11-27(21-9-5-4-6-10-25(17-21)38-26-14-13-24(36)19-26)34-30(20)32-23-12-15-28-22(16-23)18-29(33-28)31(37)35(2)3/h4-7,9-12,15-18,20,24,26,33,36H,8,13-14,19H2,1-3H3/b5-4?,6-4+,9-5+,10-6?,21-9?,21-17+,25-10+,25-17?,32-30?. The number of aromatic nitrogens is 1. The molecular formula is C31H34N4O3. The molecule has 0 saturated heterocycles. The zero-order chi connectivity index (χ0) is 26.6. The van der Waals surface area contributed by atoms with E-state index >= 15 is 0 Å². The summed E-state index contributed by atoms with van der Waals surface area (Å²) in [5.41, 5.74) is 4.00. The lowest BCUT2D eigenvalue weighted by Crippen LogP contribution is -2.21. The first-order chi connectivity index (χ1) is 18.4. The minimum Gasteiger partial charge on any atom is -0.490 e. The number of allylic oxidation sites excluding steroid dienone is 9. The Morgan fingerprint density at radius 1 is 1.16 bits per heavy atom. The second-order valence-electron chi connectivity index (χ2n) is 10.3. The summed E-state index contributed by atoms with van der Waals surface area (Å²) in [5.74, 6) is 1.58. The summed E-state index contributed by atoms with van der Waals surface area (Å²) >= 11 is 0. The van der Waals surface area contributed by atoms with Crippen molar-refractivity contribution >= 4 is 34.0 Å². The van der Waals surface area contributed by atoms with E-state index in [1.165, 1.54) is 0 Å². The van der Waals surface area contributed by atoms with Gasteiger partial charge in [0.15, 0.2) is 0 Å². The predicted octanol–water partition coefficient (Wildman–Crippen LogP) is 5.80. The van der Waals surface area contributed by atoms with Crippen LogP contribution in [0, 0.1) is 5.92 Å². The van der Waals surface area contributed by atoms with E-state index in [0.29, 0.717) is 12.1 Å². The quantitative estimate of drug-likeness (QED) is 0.532. The number of hydrogen-bond donors (Lipinski definition) is 2. The first kappa shape index (κ1) is 25.7. The second kappa shape index (κ2) is 11.2. The molecule has 0 bridgehead atoms. The summed E-state index contributed by atoms with van der Waals surface area (Å²) < 4.78 is 6.23. The fourth-order valence-electron chi connectivity index (χ4n) is 4.81. The van der Waals surface area contributed by atoms with Gasteiger partial charge in [-0.1, -0.05) is 37.3 Å². The summed E-state index contributed by atoms with van der Waals surface area (Å²) in [6, 6.07) is 7.74. The van der Waals surface area contributed by atoms with E-state index in [2.05, 4.69) is 18.0 Å². The number of aromatic amines is 1. The van der Waals surface area contributed by atoms with Gasteiger partial charge in [-0.3, -0.25) is 4.79 Å². The maximum absolute atomic E-state index is 12.4. The lowest BCUT2D eigenvalue weighted by molar-refractivity contribution is 0.0823. The molecule has 7 nitrogen and oxygen atoms in total. The molecule has 196 valence electrons. The van der Waals surface area contributed by atoms with E-state index in [4.69, 9.17) is 14.7 Å². The topological polar surface area (TPSA) is 90.3 Å². The molecule has 0 spiro atoms. The third-order valence-electron chi connectivity index (χ3n) is 6.94. The number of ether oxygens (including phenoxy) is 1. The summed E-state index contributed by atoms with van der Waals surface area (Å²) in [5, 5.41) is 10.8. The van der Waals surface area contributed by atoms with Crippen molar-refractivity contribution in [1.82, 2.24) is 9.88 Å². The van der Waals surface area contributed by atoms with Crippen molar-refractivity contribution in [2.75, 3.05) is 14.1 Å². The minimum absolute atomic E-state index is 0.0196. The van der Waals surface area contributed by atoms with Gasteiger partial charge in [-0.2, -0.15) is 0 Å². The molecule has 1 aliphatic heterocycles. The van der Waals surface area contributed by atoms with Crippen LogP contribution in [0.4, 0.5) is 5.69 Å². The second-order valence-corrected chi connectivity index (χ2v) is 10.3. The van der Waals surface area contributed by atoms with Crippen molar-refractivity contribution in [3.63, 3.8) is 0 Å². The Hall–Kier alpha value is -3.97. The van der Waals surface area contributed by atoms with Crippen molar-refractivity contribution in [1.29, 1.82) is 0 Å². The molecule has 2 N–H and O–H groups in total. The lowest BCUT2D eigenvalue weighted by atomic mass is 10.1. The van der Waals surface area contributed by atoms with Gasteiger partial charge in [0.2, 0.25) is 0 Å². The van der Waals surface area contributed by atoms with Gasteiger partial charge in [0.05, 0.1) is 17.5 Å². The molecule has 2 heterocycles. The summed E-state index contributed by atoms with van der Waals surface area (Å²) in [6.45, 7) is 2.13. The highest BCUT2D eigenvalue weighted by molar-refractivity contribution is 6.16. The average Bonchev–Trinajstić information content (AvgIpc) is 3.44. The molecule has 2 aliphatic carbocycles. The molecule has 3 unspecified atom stereocenters. The van der Waals surface area contributed by atoms with Crippen LogP contribution in [0.2, 0.25) is 0 Å². The molecular weight excluding hydrogens is 476 g/mol. The zero-order valence-corrected chi connectivity index (χ0v) is 22.1. The fourth-order valence-corrected chi connectivity index (χ4v) is 4.81. The Bertz CT molecular complexity index is 1430. The molecule has 2 aromatic rings. The van der Waals surface area contributed by atoms with Crippen LogP contribution >= 0.6 is 0 Å². The van der Waals surface area contributed by atoms with Crippen molar-refractivity contribution in [2.45, 2.75) is 44.8 Å². The van der Waals surface area contributed by atoms with Crippen LogP contribution < -0.4 is 0 Å². The maximum atomic E-state index is 12.4. The van der Waals surface area contributed by atoms with Crippen LogP contribution in [-0.4, -0.2) is 58.7 Å². The number of nitrogens with zero attached hydrogens (tertiary/aromatic N) is 3. The Morgan fingerprint density at radius 3 is 2.82 bits per heavy atom. The van der Waals surface area contributed by atoms with E-state index in [9.17, 15) is 9.90 Å². The number of amides is 1. The van der Waals surface area contributed by atoms with E-state index in [-0.39, 0.29) is 24.0 Å². The monoisotopic (exact) mass is 510 g/mol. The van der Waals surface area contributed by atoms with Gasteiger partial charge in [0, 0.05) is 42.9 Å². The predicted molar refractivity (Wildman–Crippen MR) is 153 cm³/mol. The first-order valence-electron chi connectivity index (χ1n) is 13.2.